The summed E-state index contributed by atoms with van der Waals surface area (Å²) in [4.78, 5) is 36.2. The van der Waals surface area contributed by atoms with Crippen molar-refractivity contribution in [1.82, 2.24) is 14.8 Å². The van der Waals surface area contributed by atoms with Gasteiger partial charge in [-0.25, -0.2) is 9.67 Å². The summed E-state index contributed by atoms with van der Waals surface area (Å²) in [5.41, 5.74) is 5.15. The van der Waals surface area contributed by atoms with Crippen molar-refractivity contribution in [3.63, 3.8) is 0 Å². The number of thioether (sulfide) groups is 1. The molecule has 1 fully saturated rings. The minimum absolute atomic E-state index is 0.0659. The fourth-order valence-corrected chi connectivity index (χ4v) is 6.26. The van der Waals surface area contributed by atoms with Crippen LogP contribution in [-0.4, -0.2) is 43.9 Å². The highest BCUT2D eigenvalue weighted by atomic mass is 32.2. The normalized spacial score (nSPS) is 14.7. The zero-order valence-electron chi connectivity index (χ0n) is 26.7. The maximum Gasteiger partial charge on any atom is 0.573 e. The third-order valence-corrected chi connectivity index (χ3v) is 8.65. The van der Waals surface area contributed by atoms with E-state index in [0.717, 1.165) is 47.2 Å². The van der Waals surface area contributed by atoms with E-state index in [2.05, 4.69) is 40.6 Å². The summed E-state index contributed by atoms with van der Waals surface area (Å²) in [5, 5.41) is 4.91. The Kier molecular flexibility index (Phi) is 10.2. The van der Waals surface area contributed by atoms with Gasteiger partial charge < -0.3 is 4.74 Å². The lowest BCUT2D eigenvalue weighted by Gasteiger charge is -2.24. The minimum Gasteiger partial charge on any atom is -0.406 e. The van der Waals surface area contributed by atoms with Crippen LogP contribution in [-0.2, 0) is 22.4 Å². The number of aliphatic imine (C=N–C) groups is 1. The highest BCUT2D eigenvalue weighted by molar-refractivity contribution is 8.15. The summed E-state index contributed by atoms with van der Waals surface area (Å²) in [5.74, 6) is 0.110. The van der Waals surface area contributed by atoms with E-state index in [1.807, 2.05) is 49.4 Å². The van der Waals surface area contributed by atoms with E-state index in [-0.39, 0.29) is 35.2 Å². The van der Waals surface area contributed by atoms with Gasteiger partial charge in [0.1, 0.15) is 12.1 Å². The molecule has 3 aromatic carbocycles. The molecule has 8 nitrogen and oxygen atoms in total. The van der Waals surface area contributed by atoms with Crippen LogP contribution in [0.4, 0.5) is 18.9 Å². The maximum atomic E-state index is 13.0. The predicted octanol–water partition coefficient (Wildman–Crippen LogP) is 8.11. The number of carbonyl (C=O) groups excluding carboxylic acids is 2. The van der Waals surface area contributed by atoms with Gasteiger partial charge >= 0.3 is 6.36 Å². The third-order valence-electron chi connectivity index (χ3n) is 7.72. The molecule has 0 atom stereocenters. The average molecular weight is 664 g/mol. The standard InChI is InChI=1S/C35H36F3N5O3S/c1-5-6-25-10-7-23(2)19-29(25)43-31(45)21-47-33(43)40-30(44)17-18-34(3,4)20-24-8-11-26(12-9-24)32-39-22-42(41-32)27-13-15-28(16-14-27)46-35(36,37)38/h7-16,19,22H,5-6,17-18,20-21H2,1-4H3. The van der Waals surface area contributed by atoms with Crippen molar-refractivity contribution < 1.29 is 27.5 Å². The number of hydrogen-bond donors (Lipinski definition) is 0. The Hall–Kier alpha value is -4.45. The van der Waals surface area contributed by atoms with Crippen molar-refractivity contribution in [2.45, 2.75) is 66.2 Å². The van der Waals surface area contributed by atoms with Gasteiger partial charge in [-0.1, -0.05) is 75.4 Å². The molecular weight excluding hydrogens is 627 g/mol. The number of ether oxygens (including phenoxy) is 1. The van der Waals surface area contributed by atoms with E-state index in [1.54, 1.807) is 4.90 Å². The zero-order chi connectivity index (χ0) is 33.8. The maximum absolute atomic E-state index is 13.0. The van der Waals surface area contributed by atoms with Gasteiger partial charge in [-0.3, -0.25) is 14.5 Å². The Morgan fingerprint density at radius 3 is 2.45 bits per heavy atom. The Morgan fingerprint density at radius 1 is 1.04 bits per heavy atom. The highest BCUT2D eigenvalue weighted by Gasteiger charge is 2.32. The van der Waals surface area contributed by atoms with E-state index in [4.69, 9.17) is 0 Å². The van der Waals surface area contributed by atoms with Crippen LogP contribution in [0.3, 0.4) is 0 Å². The first-order valence-corrected chi connectivity index (χ1v) is 16.3. The molecule has 0 aliphatic carbocycles. The van der Waals surface area contributed by atoms with Gasteiger partial charge in [-0.2, -0.15) is 4.99 Å². The molecule has 1 aliphatic heterocycles. The second-order valence-corrected chi connectivity index (χ2v) is 13.2. The molecule has 0 saturated carbocycles. The summed E-state index contributed by atoms with van der Waals surface area (Å²) in [6, 6.07) is 19.3. The molecule has 12 heteroatoms. The second kappa shape index (κ2) is 14.1. The Morgan fingerprint density at radius 2 is 1.77 bits per heavy atom. The molecule has 4 aromatic rings. The minimum atomic E-state index is -4.75. The van der Waals surface area contributed by atoms with Gasteiger partial charge in [0, 0.05) is 12.0 Å². The molecule has 0 N–H and O–H groups in total. The number of amides is 2. The monoisotopic (exact) mass is 663 g/mol. The summed E-state index contributed by atoms with van der Waals surface area (Å²) in [6.45, 7) is 8.31. The number of aryl methyl sites for hydroxylation is 2. The van der Waals surface area contributed by atoms with Gasteiger partial charge in [0.25, 0.3) is 0 Å². The molecule has 0 spiro atoms. The van der Waals surface area contributed by atoms with Crippen molar-refractivity contribution in [2.24, 2.45) is 10.4 Å². The van der Waals surface area contributed by atoms with Crippen LogP contribution >= 0.6 is 11.8 Å². The van der Waals surface area contributed by atoms with E-state index in [9.17, 15) is 22.8 Å². The molecule has 0 bridgehead atoms. The van der Waals surface area contributed by atoms with Crippen LogP contribution in [0.1, 0.15) is 56.7 Å². The van der Waals surface area contributed by atoms with Crippen LogP contribution in [0.5, 0.6) is 5.75 Å². The smallest absolute Gasteiger partial charge is 0.406 e. The SMILES string of the molecule is CCCc1ccc(C)cc1N1C(=O)CSC1=NC(=O)CCC(C)(C)Cc1ccc(-c2ncn(-c3ccc(OC(F)(F)F)cc3)n2)cc1. The van der Waals surface area contributed by atoms with Gasteiger partial charge in [-0.05, 0) is 78.6 Å². The van der Waals surface area contributed by atoms with Crippen LogP contribution in [0, 0.1) is 12.3 Å². The molecule has 1 aliphatic rings. The van der Waals surface area contributed by atoms with Crippen LogP contribution in [0.15, 0.2) is 78.0 Å². The summed E-state index contributed by atoms with van der Waals surface area (Å²) < 4.78 is 42.7. The number of alkyl halides is 3. The number of benzene rings is 3. The largest absolute Gasteiger partial charge is 0.573 e. The lowest BCUT2D eigenvalue weighted by Crippen LogP contribution is -2.31. The molecule has 2 heterocycles. The topological polar surface area (TPSA) is 89.7 Å². The number of rotatable bonds is 11. The first-order chi connectivity index (χ1) is 22.3. The number of amidine groups is 1. The van der Waals surface area contributed by atoms with E-state index in [1.165, 1.54) is 47.0 Å². The number of aromatic nitrogens is 3. The Labute approximate surface area is 276 Å². The van der Waals surface area contributed by atoms with Crippen molar-refractivity contribution >= 4 is 34.4 Å². The third kappa shape index (κ3) is 8.88. The molecule has 0 unspecified atom stereocenters. The lowest BCUT2D eigenvalue weighted by molar-refractivity contribution is -0.274. The van der Waals surface area contributed by atoms with Crippen molar-refractivity contribution in [3.05, 3.63) is 89.7 Å². The first-order valence-electron chi connectivity index (χ1n) is 15.3. The van der Waals surface area contributed by atoms with E-state index >= 15 is 0 Å². The van der Waals surface area contributed by atoms with Crippen LogP contribution in [0.2, 0.25) is 0 Å². The van der Waals surface area contributed by atoms with Crippen molar-refractivity contribution in [2.75, 3.05) is 10.7 Å². The number of hydrogen-bond acceptors (Lipinski definition) is 6. The fraction of sp³-hybridized carbons (Fsp3) is 0.343. The number of halogens is 3. The number of carbonyl (C=O) groups is 2. The summed E-state index contributed by atoms with van der Waals surface area (Å²) in [7, 11) is 0. The van der Waals surface area contributed by atoms with Gasteiger partial charge in [0.2, 0.25) is 11.8 Å². The van der Waals surface area contributed by atoms with Crippen LogP contribution < -0.4 is 9.64 Å². The molecule has 47 heavy (non-hydrogen) atoms. The zero-order valence-corrected chi connectivity index (χ0v) is 27.5. The number of anilines is 1. The van der Waals surface area contributed by atoms with Crippen LogP contribution in [0.25, 0.3) is 17.1 Å². The predicted molar refractivity (Wildman–Crippen MR) is 178 cm³/mol. The quantitative estimate of drug-likeness (QED) is 0.161. The van der Waals surface area contributed by atoms with Gasteiger partial charge in [0.15, 0.2) is 11.0 Å². The number of nitrogens with zero attached hydrogens (tertiary/aromatic N) is 5. The summed E-state index contributed by atoms with van der Waals surface area (Å²) >= 11 is 1.30. The van der Waals surface area contributed by atoms with Crippen molar-refractivity contribution in [3.8, 4) is 22.8 Å². The Balaban J connectivity index is 1.19. The summed E-state index contributed by atoms with van der Waals surface area (Å²) in [6.07, 6.45) is 0.133. The van der Waals surface area contributed by atoms with E-state index in [0.29, 0.717) is 23.1 Å². The first kappa shape index (κ1) is 33.9. The Bertz CT molecular complexity index is 1770. The molecule has 2 amide bonds. The van der Waals surface area contributed by atoms with Gasteiger partial charge in [0.05, 0.1) is 17.1 Å². The van der Waals surface area contributed by atoms with Gasteiger partial charge in [-0.15, -0.1) is 18.3 Å². The highest BCUT2D eigenvalue weighted by Crippen LogP contribution is 2.33. The lowest BCUT2D eigenvalue weighted by atomic mass is 9.81. The van der Waals surface area contributed by atoms with Crippen molar-refractivity contribution in [1.29, 1.82) is 0 Å². The molecule has 1 aromatic heterocycles. The molecule has 5 rings (SSSR count). The average Bonchev–Trinajstić information content (AvgIpc) is 3.64. The molecule has 1 saturated heterocycles. The molecule has 246 valence electrons. The van der Waals surface area contributed by atoms with E-state index < -0.39 is 6.36 Å². The fourth-order valence-electron chi connectivity index (χ4n) is 5.39. The second-order valence-electron chi connectivity index (χ2n) is 12.3. The molecular formula is C35H36F3N5O3S. The molecule has 0 radical (unpaired) electrons.